The number of nitrogens with zero attached hydrogens (tertiary/aromatic N) is 3. The third kappa shape index (κ3) is 4.12. The van der Waals surface area contributed by atoms with Crippen molar-refractivity contribution in [3.63, 3.8) is 0 Å². The first kappa shape index (κ1) is 25.4. The van der Waals surface area contributed by atoms with Gasteiger partial charge in [-0.3, -0.25) is 14.4 Å². The quantitative estimate of drug-likeness (QED) is 0.446. The van der Waals surface area contributed by atoms with Crippen LogP contribution in [0.5, 0.6) is 0 Å². The first-order valence-electron chi connectivity index (χ1n) is 12.2. The fourth-order valence-electron chi connectivity index (χ4n) is 5.97. The fraction of sp³-hybridized carbons (Fsp3) is 0.720. The molecule has 2 bridgehead atoms. The molecule has 6 atom stereocenters. The summed E-state index contributed by atoms with van der Waals surface area (Å²) < 4.78 is 6.46. The van der Waals surface area contributed by atoms with Gasteiger partial charge >= 0.3 is 0 Å². The van der Waals surface area contributed by atoms with Gasteiger partial charge in [-0.05, 0) is 25.7 Å². The molecule has 3 aliphatic heterocycles. The number of ether oxygens (including phenoxy) is 1. The van der Waals surface area contributed by atoms with Gasteiger partial charge in [0.25, 0.3) is 0 Å². The van der Waals surface area contributed by atoms with Gasteiger partial charge in [0.2, 0.25) is 17.7 Å². The van der Waals surface area contributed by atoms with Crippen LogP contribution in [0.4, 0.5) is 0 Å². The third-order valence-corrected chi connectivity index (χ3v) is 7.55. The number of unbranched alkanes of at least 4 members (excludes halogenated alkanes) is 1. The van der Waals surface area contributed by atoms with Crippen LogP contribution < -0.4 is 0 Å². The smallest absolute Gasteiger partial charge is 0.248 e. The van der Waals surface area contributed by atoms with Crippen molar-refractivity contribution >= 4 is 17.7 Å². The molecule has 0 radical (unpaired) electrons. The van der Waals surface area contributed by atoms with Crippen molar-refractivity contribution < 1.29 is 24.2 Å². The molecule has 33 heavy (non-hydrogen) atoms. The maximum atomic E-state index is 14.0. The lowest BCUT2D eigenvalue weighted by atomic mass is 9.70. The third-order valence-electron chi connectivity index (χ3n) is 7.55. The van der Waals surface area contributed by atoms with Crippen LogP contribution >= 0.6 is 0 Å². The number of hydrogen-bond donors (Lipinski definition) is 1. The molecule has 3 amide bonds. The number of fused-ring (bicyclic) bond motifs is 1. The van der Waals surface area contributed by atoms with Crippen LogP contribution in [0.15, 0.2) is 25.3 Å². The van der Waals surface area contributed by atoms with E-state index in [9.17, 15) is 19.5 Å². The second-order valence-electron chi connectivity index (χ2n) is 9.48. The molecule has 2 unspecified atom stereocenters. The maximum absolute atomic E-state index is 14.0. The minimum Gasteiger partial charge on any atom is -0.394 e. The van der Waals surface area contributed by atoms with Crippen molar-refractivity contribution in [2.45, 2.75) is 69.7 Å². The highest BCUT2D eigenvalue weighted by atomic mass is 16.5. The van der Waals surface area contributed by atoms with E-state index in [1.807, 2.05) is 6.92 Å². The molecule has 8 nitrogen and oxygen atoms in total. The van der Waals surface area contributed by atoms with Gasteiger partial charge in [-0.1, -0.05) is 32.4 Å². The lowest BCUT2D eigenvalue weighted by Gasteiger charge is -2.39. The highest BCUT2D eigenvalue weighted by Crippen LogP contribution is 2.59. The summed E-state index contributed by atoms with van der Waals surface area (Å²) >= 11 is 0. The average molecular weight is 462 g/mol. The van der Waals surface area contributed by atoms with Crippen LogP contribution in [-0.4, -0.2) is 94.6 Å². The molecule has 1 spiro atoms. The molecule has 3 fully saturated rings. The van der Waals surface area contributed by atoms with E-state index in [4.69, 9.17) is 4.74 Å². The van der Waals surface area contributed by atoms with Crippen molar-refractivity contribution in [1.29, 1.82) is 0 Å². The summed E-state index contributed by atoms with van der Waals surface area (Å²) in [6.07, 6.45) is 6.41. The minimum atomic E-state index is -1.04. The Morgan fingerprint density at radius 3 is 2.55 bits per heavy atom. The van der Waals surface area contributed by atoms with E-state index in [0.29, 0.717) is 38.9 Å². The van der Waals surface area contributed by atoms with Crippen LogP contribution in [-0.2, 0) is 19.1 Å². The number of aliphatic hydroxyl groups excluding tert-OH is 1. The van der Waals surface area contributed by atoms with Crippen LogP contribution in [0, 0.1) is 11.8 Å². The Labute approximate surface area is 197 Å². The normalized spacial score (nSPS) is 30.8. The number of aliphatic hydroxyl groups is 1. The highest BCUT2D eigenvalue weighted by Gasteiger charge is 2.75. The molecule has 8 heteroatoms. The van der Waals surface area contributed by atoms with E-state index in [1.54, 1.807) is 33.9 Å². The molecule has 3 heterocycles. The van der Waals surface area contributed by atoms with Crippen molar-refractivity contribution in [3.8, 4) is 0 Å². The van der Waals surface area contributed by atoms with Crippen LogP contribution in [0.2, 0.25) is 0 Å². The number of likely N-dealkylation sites (N-methyl/N-ethyl adjacent to an activating group) is 1. The molecule has 0 aromatic carbocycles. The van der Waals surface area contributed by atoms with Gasteiger partial charge in [-0.2, -0.15) is 0 Å². The Morgan fingerprint density at radius 2 is 1.97 bits per heavy atom. The largest absolute Gasteiger partial charge is 0.394 e. The fourth-order valence-corrected chi connectivity index (χ4v) is 5.97. The van der Waals surface area contributed by atoms with Crippen molar-refractivity contribution in [2.24, 2.45) is 11.8 Å². The molecule has 0 aromatic heterocycles. The number of rotatable bonds is 12. The second kappa shape index (κ2) is 10.4. The van der Waals surface area contributed by atoms with Gasteiger partial charge in [0.1, 0.15) is 11.6 Å². The molecule has 184 valence electrons. The van der Waals surface area contributed by atoms with E-state index in [-0.39, 0.29) is 30.4 Å². The number of carbonyl (C=O) groups excluding carboxylic acids is 3. The SMILES string of the molecule is C=CCN(C)C(=O)[C@@H]1[C@@H]2CCC3(O2)C(C(=O)N(CC=C)CCCC)N([C@@H](CC)CO)C(=O)[C@H]13. The van der Waals surface area contributed by atoms with Gasteiger partial charge < -0.3 is 24.5 Å². The number of amides is 3. The molecular weight excluding hydrogens is 422 g/mol. The number of hydrogen-bond acceptors (Lipinski definition) is 5. The van der Waals surface area contributed by atoms with Crippen molar-refractivity contribution in [3.05, 3.63) is 25.3 Å². The standard InChI is InChI=1S/C25H39N3O5/c1-6-10-15-27(14-8-3)24(32)21-25-12-11-18(33-25)19(22(30)26(5)13-7-2)20(25)23(31)28(21)17(9-4)16-29/h7-8,17-21,29H,2-3,6,9-16H2,1,4-5H3/t17-,18-,19+,20-,21?,25?/m0/s1. The molecule has 0 aromatic rings. The summed E-state index contributed by atoms with van der Waals surface area (Å²) in [5.41, 5.74) is -1.04. The molecular formula is C25H39N3O5. The summed E-state index contributed by atoms with van der Waals surface area (Å²) in [5, 5.41) is 10.1. The molecule has 0 aliphatic carbocycles. The van der Waals surface area contributed by atoms with Gasteiger partial charge in [0.15, 0.2) is 0 Å². The summed E-state index contributed by atoms with van der Waals surface area (Å²) in [6.45, 7) is 12.5. The lowest BCUT2D eigenvalue weighted by Crippen LogP contribution is -2.58. The van der Waals surface area contributed by atoms with Gasteiger partial charge in [-0.15, -0.1) is 13.2 Å². The summed E-state index contributed by atoms with van der Waals surface area (Å²) in [5.74, 6) is -1.94. The van der Waals surface area contributed by atoms with Crippen molar-refractivity contribution in [1.82, 2.24) is 14.7 Å². The molecule has 3 aliphatic rings. The van der Waals surface area contributed by atoms with E-state index in [1.165, 1.54) is 0 Å². The Bertz CT molecular complexity index is 782. The first-order valence-corrected chi connectivity index (χ1v) is 12.2. The number of carbonyl (C=O) groups is 3. The second-order valence-corrected chi connectivity index (χ2v) is 9.48. The summed E-state index contributed by atoms with van der Waals surface area (Å²) in [4.78, 5) is 46.1. The van der Waals surface area contributed by atoms with Gasteiger partial charge in [0.05, 0.1) is 30.6 Å². The van der Waals surface area contributed by atoms with Crippen LogP contribution in [0.3, 0.4) is 0 Å². The Balaban J connectivity index is 2.05. The molecule has 3 rings (SSSR count). The zero-order valence-corrected chi connectivity index (χ0v) is 20.2. The van der Waals surface area contributed by atoms with E-state index >= 15 is 0 Å². The van der Waals surface area contributed by atoms with Gasteiger partial charge in [-0.25, -0.2) is 0 Å². The Kier molecular flexibility index (Phi) is 8.00. The molecule has 0 saturated carbocycles. The zero-order chi connectivity index (χ0) is 24.3. The average Bonchev–Trinajstić information content (AvgIpc) is 3.44. The van der Waals surface area contributed by atoms with E-state index in [2.05, 4.69) is 20.1 Å². The topological polar surface area (TPSA) is 90.4 Å². The van der Waals surface area contributed by atoms with Crippen LogP contribution in [0.25, 0.3) is 0 Å². The maximum Gasteiger partial charge on any atom is 0.248 e. The zero-order valence-electron chi connectivity index (χ0n) is 20.2. The van der Waals surface area contributed by atoms with E-state index < -0.39 is 29.5 Å². The van der Waals surface area contributed by atoms with Gasteiger partial charge in [0, 0.05) is 26.7 Å². The summed E-state index contributed by atoms with van der Waals surface area (Å²) in [7, 11) is 1.70. The lowest BCUT2D eigenvalue weighted by molar-refractivity contribution is -0.151. The van der Waals surface area contributed by atoms with Crippen LogP contribution in [0.1, 0.15) is 46.0 Å². The predicted octanol–water partition coefficient (Wildman–Crippen LogP) is 1.59. The highest BCUT2D eigenvalue weighted by molar-refractivity contribution is 5.99. The predicted molar refractivity (Wildman–Crippen MR) is 125 cm³/mol. The molecule has 1 N–H and O–H groups in total. The number of likely N-dealkylation sites (tertiary alicyclic amines) is 1. The monoisotopic (exact) mass is 461 g/mol. The minimum absolute atomic E-state index is 0.154. The van der Waals surface area contributed by atoms with E-state index in [0.717, 1.165) is 12.8 Å². The van der Waals surface area contributed by atoms with Crippen molar-refractivity contribution in [2.75, 3.05) is 33.3 Å². The Morgan fingerprint density at radius 1 is 1.27 bits per heavy atom. The summed E-state index contributed by atoms with van der Waals surface area (Å²) in [6, 6.07) is -1.36. The Hall–Kier alpha value is -2.19. The molecule has 3 saturated heterocycles. The first-order chi connectivity index (χ1) is 15.8.